The van der Waals surface area contributed by atoms with Gasteiger partial charge < -0.3 is 0 Å². The molecule has 12 heavy (non-hydrogen) atoms. The minimum atomic E-state index is 0.952. The molecule has 66 valence electrons. The predicted molar refractivity (Wildman–Crippen MR) is 49.1 cm³/mol. The summed E-state index contributed by atoms with van der Waals surface area (Å²) < 4.78 is 2.05. The maximum Gasteiger partial charge on any atom is 0.208 e. The van der Waals surface area contributed by atoms with E-state index in [1.54, 1.807) is 0 Å². The number of nitrogens with zero attached hydrogens (tertiary/aromatic N) is 2. The quantitative estimate of drug-likeness (QED) is 0.578. The van der Waals surface area contributed by atoms with E-state index in [1.165, 1.54) is 16.8 Å². The van der Waals surface area contributed by atoms with Crippen LogP contribution in [0.4, 0.5) is 0 Å². The minimum absolute atomic E-state index is 0.952. The van der Waals surface area contributed by atoms with Crippen LogP contribution in [0.15, 0.2) is 0 Å². The van der Waals surface area contributed by atoms with E-state index in [0.29, 0.717) is 0 Å². The molecule has 0 saturated carbocycles. The SMILES string of the molecule is CC[n+]1nc(C)c(C)c(C)c1C. The van der Waals surface area contributed by atoms with E-state index in [2.05, 4.69) is 44.4 Å². The minimum Gasteiger partial charge on any atom is -0.0885 e. The Kier molecular flexibility index (Phi) is 2.46. The predicted octanol–water partition coefficient (Wildman–Crippen LogP) is 1.62. The standard InChI is InChI=1S/C10H17N2/c1-6-12-10(5)8(3)7(2)9(4)11-12/h6H2,1-5H3/q+1. The van der Waals surface area contributed by atoms with Gasteiger partial charge in [-0.2, -0.15) is 0 Å². The Labute approximate surface area is 74.2 Å². The van der Waals surface area contributed by atoms with Gasteiger partial charge in [-0.25, -0.2) is 0 Å². The van der Waals surface area contributed by atoms with E-state index in [-0.39, 0.29) is 0 Å². The molecule has 1 aromatic rings. The molecule has 1 heterocycles. The molecule has 1 aromatic heterocycles. The third kappa shape index (κ3) is 1.33. The van der Waals surface area contributed by atoms with Crippen molar-refractivity contribution in [1.29, 1.82) is 0 Å². The van der Waals surface area contributed by atoms with Gasteiger partial charge in [0.25, 0.3) is 0 Å². The van der Waals surface area contributed by atoms with Gasteiger partial charge >= 0.3 is 0 Å². The van der Waals surface area contributed by atoms with Crippen molar-refractivity contribution >= 4 is 0 Å². The fourth-order valence-corrected chi connectivity index (χ4v) is 1.38. The van der Waals surface area contributed by atoms with Crippen LogP contribution in [-0.2, 0) is 6.54 Å². The molecule has 0 aliphatic heterocycles. The van der Waals surface area contributed by atoms with Crippen molar-refractivity contribution in [2.24, 2.45) is 0 Å². The molecule has 0 aliphatic rings. The Balaban J connectivity index is 3.39. The molecule has 0 aliphatic carbocycles. The Morgan fingerprint density at radius 2 is 1.67 bits per heavy atom. The van der Waals surface area contributed by atoms with Crippen molar-refractivity contribution in [3.63, 3.8) is 0 Å². The van der Waals surface area contributed by atoms with Crippen LogP contribution in [0.1, 0.15) is 29.4 Å². The Morgan fingerprint density at radius 3 is 2.17 bits per heavy atom. The van der Waals surface area contributed by atoms with Crippen molar-refractivity contribution in [2.45, 2.75) is 41.2 Å². The van der Waals surface area contributed by atoms with Gasteiger partial charge in [0.2, 0.25) is 5.69 Å². The molecular formula is C10H17N2+. The highest BCUT2D eigenvalue weighted by molar-refractivity contribution is 5.26. The summed E-state index contributed by atoms with van der Waals surface area (Å²) in [6, 6.07) is 0. The Bertz CT molecular complexity index is 303. The van der Waals surface area contributed by atoms with E-state index in [9.17, 15) is 0 Å². The first kappa shape index (κ1) is 9.17. The fourth-order valence-electron chi connectivity index (χ4n) is 1.38. The van der Waals surface area contributed by atoms with Gasteiger partial charge in [0.15, 0.2) is 6.54 Å². The summed E-state index contributed by atoms with van der Waals surface area (Å²) in [6.45, 7) is 11.5. The van der Waals surface area contributed by atoms with Gasteiger partial charge in [0.1, 0.15) is 5.69 Å². The second-order valence-corrected chi connectivity index (χ2v) is 3.24. The Morgan fingerprint density at radius 1 is 1.08 bits per heavy atom. The first-order valence-electron chi connectivity index (χ1n) is 4.42. The van der Waals surface area contributed by atoms with Crippen molar-refractivity contribution in [2.75, 3.05) is 0 Å². The summed E-state index contributed by atoms with van der Waals surface area (Å²) in [6.07, 6.45) is 0. The molecule has 0 atom stereocenters. The molecule has 2 heteroatoms. The van der Waals surface area contributed by atoms with E-state index in [4.69, 9.17) is 0 Å². The van der Waals surface area contributed by atoms with Crippen LogP contribution in [0.5, 0.6) is 0 Å². The van der Waals surface area contributed by atoms with Gasteiger partial charge in [0.05, 0.1) is 0 Å². The third-order valence-electron chi connectivity index (χ3n) is 2.61. The van der Waals surface area contributed by atoms with Crippen LogP contribution in [-0.4, -0.2) is 5.10 Å². The summed E-state index contributed by atoms with van der Waals surface area (Å²) in [7, 11) is 0. The maximum atomic E-state index is 4.47. The first-order chi connectivity index (χ1) is 5.57. The van der Waals surface area contributed by atoms with Crippen LogP contribution in [0, 0.1) is 27.7 Å². The number of rotatable bonds is 1. The monoisotopic (exact) mass is 165 g/mol. The largest absolute Gasteiger partial charge is 0.208 e. The van der Waals surface area contributed by atoms with Gasteiger partial charge in [0, 0.05) is 12.5 Å². The average Bonchev–Trinajstić information content (AvgIpc) is 2.08. The van der Waals surface area contributed by atoms with Crippen LogP contribution >= 0.6 is 0 Å². The summed E-state index contributed by atoms with van der Waals surface area (Å²) in [5.74, 6) is 0. The molecule has 0 fully saturated rings. The molecule has 0 amide bonds. The molecule has 0 unspecified atom stereocenters. The van der Waals surface area contributed by atoms with E-state index < -0.39 is 0 Å². The molecular weight excluding hydrogens is 148 g/mol. The lowest BCUT2D eigenvalue weighted by Crippen LogP contribution is -2.42. The van der Waals surface area contributed by atoms with Gasteiger partial charge in [-0.3, -0.25) is 0 Å². The zero-order valence-electron chi connectivity index (χ0n) is 8.60. The molecule has 1 rings (SSSR count). The van der Waals surface area contributed by atoms with Crippen molar-refractivity contribution in [1.82, 2.24) is 5.10 Å². The lowest BCUT2D eigenvalue weighted by molar-refractivity contribution is -0.757. The second-order valence-electron chi connectivity index (χ2n) is 3.24. The molecule has 0 N–H and O–H groups in total. The van der Waals surface area contributed by atoms with Gasteiger partial charge in [-0.1, -0.05) is 4.68 Å². The van der Waals surface area contributed by atoms with E-state index in [0.717, 1.165) is 12.2 Å². The van der Waals surface area contributed by atoms with Crippen LogP contribution in [0.2, 0.25) is 0 Å². The van der Waals surface area contributed by atoms with Crippen molar-refractivity contribution < 1.29 is 4.68 Å². The molecule has 0 saturated heterocycles. The van der Waals surface area contributed by atoms with E-state index >= 15 is 0 Å². The number of hydrogen-bond acceptors (Lipinski definition) is 1. The summed E-state index contributed by atoms with van der Waals surface area (Å²) >= 11 is 0. The number of aromatic nitrogens is 2. The highest BCUT2D eigenvalue weighted by atomic mass is 15.3. The summed E-state index contributed by atoms with van der Waals surface area (Å²) in [5.41, 5.74) is 5.10. The smallest absolute Gasteiger partial charge is 0.0885 e. The maximum absolute atomic E-state index is 4.47. The fraction of sp³-hybridized carbons (Fsp3) is 0.600. The molecule has 0 bridgehead atoms. The second kappa shape index (κ2) is 3.21. The van der Waals surface area contributed by atoms with Crippen LogP contribution in [0.3, 0.4) is 0 Å². The normalized spacial score (nSPS) is 10.4. The average molecular weight is 165 g/mol. The zero-order chi connectivity index (χ0) is 9.30. The lowest BCUT2D eigenvalue weighted by Gasteiger charge is -2.04. The lowest BCUT2D eigenvalue weighted by atomic mass is 10.1. The molecule has 0 spiro atoms. The highest BCUT2D eigenvalue weighted by Crippen LogP contribution is 2.09. The molecule has 2 nitrogen and oxygen atoms in total. The summed E-state index contributed by atoms with van der Waals surface area (Å²) in [5, 5.41) is 4.47. The van der Waals surface area contributed by atoms with Gasteiger partial charge in [-0.05, 0) is 38.4 Å². The topological polar surface area (TPSA) is 16.8 Å². The summed E-state index contributed by atoms with van der Waals surface area (Å²) in [4.78, 5) is 0. The first-order valence-corrected chi connectivity index (χ1v) is 4.42. The van der Waals surface area contributed by atoms with Crippen LogP contribution < -0.4 is 4.68 Å². The zero-order valence-corrected chi connectivity index (χ0v) is 8.60. The van der Waals surface area contributed by atoms with Crippen molar-refractivity contribution in [3.8, 4) is 0 Å². The van der Waals surface area contributed by atoms with Crippen LogP contribution in [0.25, 0.3) is 0 Å². The number of aryl methyl sites for hydroxylation is 2. The van der Waals surface area contributed by atoms with Gasteiger partial charge in [-0.15, -0.1) is 0 Å². The molecule has 0 radical (unpaired) electrons. The third-order valence-corrected chi connectivity index (χ3v) is 2.61. The van der Waals surface area contributed by atoms with E-state index in [1.807, 2.05) is 0 Å². The van der Waals surface area contributed by atoms with Crippen molar-refractivity contribution in [3.05, 3.63) is 22.5 Å². The Hall–Kier alpha value is -0.920. The number of hydrogen-bond donors (Lipinski definition) is 0. The molecule has 0 aromatic carbocycles. The highest BCUT2D eigenvalue weighted by Gasteiger charge is 2.13.